The minimum atomic E-state index is -3.94. The standard InChI is InChI=1S/C19H23N3O4S2/c1-19(2,3)27(24)21-16(13-23)18-11-14-12-20-10-9-17(14)22(18)28(25,26)15-7-5-4-6-8-15/h4-12,16,21,23H,13H2,1-3H3/t16-,27-/m1/s1. The van der Waals surface area contributed by atoms with Crippen molar-refractivity contribution < 1.29 is 18.1 Å². The molecule has 0 aliphatic rings. The van der Waals surface area contributed by atoms with Gasteiger partial charge in [0.2, 0.25) is 0 Å². The fourth-order valence-electron chi connectivity index (χ4n) is 2.76. The second-order valence-electron chi connectivity index (χ2n) is 7.32. The Morgan fingerprint density at radius 1 is 1.25 bits per heavy atom. The van der Waals surface area contributed by atoms with Crippen molar-refractivity contribution >= 4 is 32.3 Å². The third-order valence-electron chi connectivity index (χ3n) is 4.21. The molecule has 1 aromatic carbocycles. The minimum absolute atomic E-state index is 0.124. The number of nitrogens with zero attached hydrogens (tertiary/aromatic N) is 2. The first-order chi connectivity index (χ1) is 13.2. The number of aromatic nitrogens is 2. The largest absolute Gasteiger partial charge is 0.598 e. The van der Waals surface area contributed by atoms with Gasteiger partial charge in [-0.3, -0.25) is 4.98 Å². The van der Waals surface area contributed by atoms with Gasteiger partial charge >= 0.3 is 0 Å². The van der Waals surface area contributed by atoms with Gasteiger partial charge in [-0.2, -0.15) is 0 Å². The molecule has 9 heteroatoms. The zero-order valence-electron chi connectivity index (χ0n) is 15.9. The van der Waals surface area contributed by atoms with Gasteiger partial charge in [-0.1, -0.05) is 18.2 Å². The Labute approximate surface area is 167 Å². The Bertz CT molecular complexity index is 1060. The van der Waals surface area contributed by atoms with E-state index in [2.05, 4.69) is 9.71 Å². The predicted molar refractivity (Wildman–Crippen MR) is 110 cm³/mol. The summed E-state index contributed by atoms with van der Waals surface area (Å²) >= 11 is -1.50. The van der Waals surface area contributed by atoms with E-state index in [-0.39, 0.29) is 4.90 Å². The smallest absolute Gasteiger partial charge is 0.268 e. The number of fused-ring (bicyclic) bond motifs is 1. The second-order valence-corrected chi connectivity index (χ2v) is 11.1. The van der Waals surface area contributed by atoms with Crippen LogP contribution in [0.5, 0.6) is 0 Å². The van der Waals surface area contributed by atoms with Crippen molar-refractivity contribution in [3.63, 3.8) is 0 Å². The Morgan fingerprint density at radius 2 is 1.93 bits per heavy atom. The maximum absolute atomic E-state index is 13.4. The van der Waals surface area contributed by atoms with Crippen LogP contribution in [0.1, 0.15) is 32.5 Å². The van der Waals surface area contributed by atoms with Crippen molar-refractivity contribution in [2.75, 3.05) is 6.61 Å². The lowest BCUT2D eigenvalue weighted by Crippen LogP contribution is -2.43. The van der Waals surface area contributed by atoms with E-state index >= 15 is 0 Å². The molecule has 2 atom stereocenters. The van der Waals surface area contributed by atoms with Crippen molar-refractivity contribution in [2.24, 2.45) is 0 Å². The molecule has 2 heterocycles. The van der Waals surface area contributed by atoms with Crippen LogP contribution in [0.15, 0.2) is 59.8 Å². The van der Waals surface area contributed by atoms with E-state index in [1.165, 1.54) is 22.3 Å². The number of hydrogen-bond donors (Lipinski definition) is 2. The molecular formula is C19H23N3O4S2. The minimum Gasteiger partial charge on any atom is -0.598 e. The molecule has 2 N–H and O–H groups in total. The van der Waals surface area contributed by atoms with Crippen LogP contribution < -0.4 is 4.72 Å². The quantitative estimate of drug-likeness (QED) is 0.592. The first kappa shape index (κ1) is 20.8. The van der Waals surface area contributed by atoms with E-state index < -0.39 is 38.8 Å². The number of aliphatic hydroxyl groups is 1. The van der Waals surface area contributed by atoms with E-state index in [0.717, 1.165) is 0 Å². The van der Waals surface area contributed by atoms with Crippen LogP contribution in [0.3, 0.4) is 0 Å². The van der Waals surface area contributed by atoms with Crippen molar-refractivity contribution in [2.45, 2.75) is 36.5 Å². The third kappa shape index (κ3) is 3.94. The molecule has 0 fully saturated rings. The lowest BCUT2D eigenvalue weighted by Gasteiger charge is -2.27. The highest BCUT2D eigenvalue weighted by molar-refractivity contribution is 7.91. The molecule has 0 saturated carbocycles. The summed E-state index contributed by atoms with van der Waals surface area (Å²) in [4.78, 5) is 4.18. The molecular weight excluding hydrogens is 398 g/mol. The maximum Gasteiger partial charge on any atom is 0.268 e. The first-order valence-corrected chi connectivity index (χ1v) is 11.3. The molecule has 3 rings (SSSR count). The van der Waals surface area contributed by atoms with Crippen LogP contribution in [0.2, 0.25) is 0 Å². The Hall–Kier alpha value is -1.91. The molecule has 0 unspecified atom stereocenters. The summed E-state index contributed by atoms with van der Waals surface area (Å²) in [6.07, 6.45) is 3.07. The van der Waals surface area contributed by atoms with Gasteiger partial charge in [-0.05, 0) is 45.0 Å². The van der Waals surface area contributed by atoms with Crippen molar-refractivity contribution in [1.29, 1.82) is 0 Å². The lowest BCUT2D eigenvalue weighted by molar-refractivity contribution is 0.255. The number of aliphatic hydroxyl groups excluding tert-OH is 1. The van der Waals surface area contributed by atoms with Gasteiger partial charge in [0, 0.05) is 29.1 Å². The van der Waals surface area contributed by atoms with E-state index in [4.69, 9.17) is 0 Å². The monoisotopic (exact) mass is 421 g/mol. The Kier molecular flexibility index (Phi) is 5.83. The maximum atomic E-state index is 13.4. The topological polar surface area (TPSA) is 107 Å². The lowest BCUT2D eigenvalue weighted by atomic mass is 10.2. The van der Waals surface area contributed by atoms with Gasteiger partial charge < -0.3 is 9.66 Å². The fourth-order valence-corrected chi connectivity index (χ4v) is 5.16. The summed E-state index contributed by atoms with van der Waals surface area (Å²) in [5.74, 6) is 0. The van der Waals surface area contributed by atoms with Crippen LogP contribution in [-0.4, -0.2) is 38.4 Å². The number of pyridine rings is 1. The molecule has 0 aliphatic heterocycles. The summed E-state index contributed by atoms with van der Waals surface area (Å²) in [6, 6.07) is 10.5. The zero-order chi connectivity index (χ0) is 20.5. The predicted octanol–water partition coefficient (Wildman–Crippen LogP) is 2.36. The molecule has 0 amide bonds. The van der Waals surface area contributed by atoms with E-state index in [1.807, 2.05) is 0 Å². The molecule has 2 aromatic heterocycles. The van der Waals surface area contributed by atoms with Crippen LogP contribution in [0.4, 0.5) is 0 Å². The SMILES string of the molecule is CC(C)(C)[S@@+]([O-])N[C@H](CO)c1cc2cnccc2n1S(=O)(=O)c1ccccc1. The fraction of sp³-hybridized carbons (Fsp3) is 0.316. The van der Waals surface area contributed by atoms with Crippen LogP contribution in [0, 0.1) is 0 Å². The van der Waals surface area contributed by atoms with Crippen LogP contribution in [0.25, 0.3) is 10.9 Å². The normalized spacial score (nSPS) is 14.9. The summed E-state index contributed by atoms with van der Waals surface area (Å²) in [5.41, 5.74) is 0.739. The number of nitrogens with one attached hydrogen (secondary N) is 1. The van der Waals surface area contributed by atoms with Crippen LogP contribution >= 0.6 is 0 Å². The number of benzene rings is 1. The van der Waals surface area contributed by atoms with Crippen molar-refractivity contribution in [3.8, 4) is 0 Å². The van der Waals surface area contributed by atoms with Gasteiger partial charge in [0.05, 0.1) is 22.7 Å². The Morgan fingerprint density at radius 3 is 2.54 bits per heavy atom. The zero-order valence-corrected chi connectivity index (χ0v) is 17.5. The van der Waals surface area contributed by atoms with E-state index in [9.17, 15) is 18.1 Å². The second kappa shape index (κ2) is 7.84. The molecule has 0 bridgehead atoms. The molecule has 0 radical (unpaired) electrons. The molecule has 0 aliphatic carbocycles. The highest BCUT2D eigenvalue weighted by Gasteiger charge is 2.33. The molecule has 0 saturated heterocycles. The van der Waals surface area contributed by atoms with Gasteiger partial charge in [-0.15, -0.1) is 4.72 Å². The Balaban J connectivity index is 2.20. The summed E-state index contributed by atoms with van der Waals surface area (Å²) in [7, 11) is -3.94. The summed E-state index contributed by atoms with van der Waals surface area (Å²) in [5, 5.41) is 10.6. The molecule has 3 aromatic rings. The van der Waals surface area contributed by atoms with E-state index in [0.29, 0.717) is 16.6 Å². The van der Waals surface area contributed by atoms with Gasteiger partial charge in [0.1, 0.15) is 10.8 Å². The van der Waals surface area contributed by atoms with Crippen molar-refractivity contribution in [1.82, 2.24) is 13.7 Å². The molecule has 7 nitrogen and oxygen atoms in total. The molecule has 28 heavy (non-hydrogen) atoms. The molecule has 150 valence electrons. The number of rotatable bonds is 6. The van der Waals surface area contributed by atoms with E-state index in [1.54, 1.807) is 57.3 Å². The highest BCUT2D eigenvalue weighted by Crippen LogP contribution is 2.30. The average molecular weight is 422 g/mol. The number of hydrogen-bond acceptors (Lipinski definition) is 6. The summed E-state index contributed by atoms with van der Waals surface area (Å²) in [6.45, 7) is 4.97. The van der Waals surface area contributed by atoms with Gasteiger partial charge in [0.15, 0.2) is 0 Å². The summed E-state index contributed by atoms with van der Waals surface area (Å²) < 4.78 is 42.8. The average Bonchev–Trinajstić information content (AvgIpc) is 3.05. The molecule has 0 spiro atoms. The van der Waals surface area contributed by atoms with Gasteiger partial charge in [0.25, 0.3) is 10.0 Å². The highest BCUT2D eigenvalue weighted by atomic mass is 32.2. The first-order valence-electron chi connectivity index (χ1n) is 8.71. The van der Waals surface area contributed by atoms with Gasteiger partial charge in [-0.25, -0.2) is 12.4 Å². The van der Waals surface area contributed by atoms with Crippen molar-refractivity contribution in [3.05, 3.63) is 60.6 Å². The third-order valence-corrected chi connectivity index (χ3v) is 7.58. The van der Waals surface area contributed by atoms with Crippen LogP contribution in [-0.2, 0) is 21.4 Å².